The van der Waals surface area contributed by atoms with E-state index in [-0.39, 0.29) is 0 Å². The number of benzene rings is 1. The first-order valence-corrected chi connectivity index (χ1v) is 7.91. The number of thioether (sulfide) groups is 1. The van der Waals surface area contributed by atoms with Crippen LogP contribution < -0.4 is 10.6 Å². The number of hydrogen-bond acceptors (Lipinski definition) is 5. The molecule has 132 valence electrons. The van der Waals surface area contributed by atoms with Crippen molar-refractivity contribution in [1.29, 1.82) is 0 Å². The summed E-state index contributed by atoms with van der Waals surface area (Å²) in [6.07, 6.45) is 3.06. The van der Waals surface area contributed by atoms with Gasteiger partial charge in [0.15, 0.2) is 22.6 Å². The van der Waals surface area contributed by atoms with E-state index in [9.17, 15) is 22.8 Å². The van der Waals surface area contributed by atoms with Crippen LogP contribution >= 0.6 is 11.8 Å². The Bertz CT molecular complexity index is 777. The Labute approximate surface area is 145 Å². The Morgan fingerprint density at radius 1 is 1.16 bits per heavy atom. The molecule has 10 heteroatoms. The third-order valence-corrected chi connectivity index (χ3v) is 3.92. The molecule has 0 radical (unpaired) electrons. The van der Waals surface area contributed by atoms with E-state index >= 15 is 0 Å². The van der Waals surface area contributed by atoms with E-state index in [1.165, 1.54) is 12.4 Å². The number of carbonyl (C=O) groups excluding carboxylic acids is 2. The van der Waals surface area contributed by atoms with Gasteiger partial charge in [-0.2, -0.15) is 0 Å². The molecule has 0 saturated carbocycles. The third-order valence-electron chi connectivity index (χ3n) is 2.93. The fraction of sp³-hybridized carbons (Fsp3) is 0.200. The number of halogens is 3. The average molecular weight is 370 g/mol. The molecule has 0 spiro atoms. The third kappa shape index (κ3) is 5.18. The number of nitrogens with one attached hydrogen (secondary N) is 2. The van der Waals surface area contributed by atoms with Gasteiger partial charge < -0.3 is 10.6 Å². The Morgan fingerprint density at radius 3 is 2.52 bits per heavy atom. The normalized spacial score (nSPS) is 11.7. The molecule has 25 heavy (non-hydrogen) atoms. The molecular formula is C15H13F3N4O2S. The van der Waals surface area contributed by atoms with E-state index in [1.54, 1.807) is 13.0 Å². The second-order valence-electron chi connectivity index (χ2n) is 4.78. The molecule has 2 N–H and O–H groups in total. The summed E-state index contributed by atoms with van der Waals surface area (Å²) in [7, 11) is 0. The number of anilines is 1. The van der Waals surface area contributed by atoms with Gasteiger partial charge in [-0.25, -0.2) is 23.1 Å². The molecule has 0 aliphatic carbocycles. The van der Waals surface area contributed by atoms with Crippen LogP contribution in [0.15, 0.2) is 35.7 Å². The molecule has 0 aliphatic rings. The van der Waals surface area contributed by atoms with Crippen LogP contribution in [0.5, 0.6) is 0 Å². The van der Waals surface area contributed by atoms with Gasteiger partial charge in [0.2, 0.25) is 11.8 Å². The van der Waals surface area contributed by atoms with Gasteiger partial charge in [0.05, 0.1) is 17.5 Å². The van der Waals surface area contributed by atoms with E-state index in [4.69, 9.17) is 0 Å². The predicted octanol–water partition coefficient (Wildman–Crippen LogP) is 2.13. The topological polar surface area (TPSA) is 84.0 Å². The lowest BCUT2D eigenvalue weighted by Crippen LogP contribution is -2.37. The van der Waals surface area contributed by atoms with Crippen LogP contribution in [0.3, 0.4) is 0 Å². The molecule has 1 unspecified atom stereocenters. The van der Waals surface area contributed by atoms with Crippen LogP contribution in [-0.2, 0) is 9.59 Å². The minimum Gasteiger partial charge on any atom is -0.346 e. The molecule has 0 bridgehead atoms. The van der Waals surface area contributed by atoms with Crippen molar-refractivity contribution in [3.63, 3.8) is 0 Å². The smallest absolute Gasteiger partial charge is 0.243 e. The molecule has 0 aliphatic heterocycles. The number of hydrogen-bond donors (Lipinski definition) is 2. The number of carbonyl (C=O) groups is 2. The summed E-state index contributed by atoms with van der Waals surface area (Å²) < 4.78 is 39.4. The molecule has 1 aromatic heterocycles. The van der Waals surface area contributed by atoms with Crippen LogP contribution in [0, 0.1) is 17.5 Å². The van der Waals surface area contributed by atoms with Crippen molar-refractivity contribution in [3.8, 4) is 0 Å². The fourth-order valence-corrected chi connectivity index (χ4v) is 2.44. The van der Waals surface area contributed by atoms with E-state index in [0.717, 1.165) is 17.8 Å². The number of nitrogens with zero attached hydrogens (tertiary/aromatic N) is 2. The van der Waals surface area contributed by atoms with E-state index < -0.39 is 46.7 Å². The highest BCUT2D eigenvalue weighted by atomic mass is 32.2. The van der Waals surface area contributed by atoms with Crippen LogP contribution in [0.1, 0.15) is 6.92 Å². The van der Waals surface area contributed by atoms with Crippen molar-refractivity contribution in [2.45, 2.75) is 17.3 Å². The first-order chi connectivity index (χ1) is 11.9. The zero-order valence-corrected chi connectivity index (χ0v) is 13.7. The summed E-state index contributed by atoms with van der Waals surface area (Å²) in [5.41, 5.74) is -0.516. The first-order valence-electron chi connectivity index (χ1n) is 7.03. The van der Waals surface area contributed by atoms with Gasteiger partial charge in [0, 0.05) is 12.4 Å². The molecule has 1 aromatic carbocycles. The van der Waals surface area contributed by atoms with Gasteiger partial charge in [-0.3, -0.25) is 9.59 Å². The SMILES string of the molecule is CC(Sc1ncccn1)C(=O)NCC(=O)Nc1ccc(F)c(F)c1F. The van der Waals surface area contributed by atoms with Crippen molar-refractivity contribution < 1.29 is 22.8 Å². The van der Waals surface area contributed by atoms with Crippen molar-refractivity contribution in [3.05, 3.63) is 48.0 Å². The molecule has 2 rings (SSSR count). The maximum Gasteiger partial charge on any atom is 0.243 e. The maximum atomic E-state index is 13.5. The lowest BCUT2D eigenvalue weighted by molar-refractivity contribution is -0.123. The second kappa shape index (κ2) is 8.47. The zero-order chi connectivity index (χ0) is 18.4. The number of rotatable bonds is 6. The van der Waals surface area contributed by atoms with Gasteiger partial charge in [-0.1, -0.05) is 11.8 Å². The predicted molar refractivity (Wildman–Crippen MR) is 85.3 cm³/mol. The van der Waals surface area contributed by atoms with Gasteiger partial charge in [0.25, 0.3) is 0 Å². The highest BCUT2D eigenvalue weighted by molar-refractivity contribution is 8.00. The van der Waals surface area contributed by atoms with Gasteiger partial charge in [-0.15, -0.1) is 0 Å². The van der Waals surface area contributed by atoms with Crippen molar-refractivity contribution in [2.75, 3.05) is 11.9 Å². The Hall–Kier alpha value is -2.62. The highest BCUT2D eigenvalue weighted by Gasteiger charge is 2.18. The van der Waals surface area contributed by atoms with Crippen molar-refractivity contribution in [2.24, 2.45) is 0 Å². The quantitative estimate of drug-likeness (QED) is 0.462. The van der Waals surface area contributed by atoms with Gasteiger partial charge in [0.1, 0.15) is 0 Å². The van der Waals surface area contributed by atoms with Crippen molar-refractivity contribution >= 4 is 29.3 Å². The summed E-state index contributed by atoms with van der Waals surface area (Å²) in [4.78, 5) is 31.5. The Kier molecular flexibility index (Phi) is 6.34. The van der Waals surface area contributed by atoms with Crippen LogP contribution in [0.4, 0.5) is 18.9 Å². The molecule has 1 atom stereocenters. The van der Waals surface area contributed by atoms with Gasteiger partial charge in [-0.05, 0) is 25.1 Å². The van der Waals surface area contributed by atoms with Crippen LogP contribution in [0.25, 0.3) is 0 Å². The van der Waals surface area contributed by atoms with E-state index in [2.05, 4.69) is 20.6 Å². The molecule has 6 nitrogen and oxygen atoms in total. The minimum atomic E-state index is -1.69. The number of aromatic nitrogens is 2. The van der Waals surface area contributed by atoms with E-state index in [1.807, 2.05) is 0 Å². The summed E-state index contributed by atoms with van der Waals surface area (Å²) in [5, 5.41) is 4.23. The fourth-order valence-electron chi connectivity index (χ4n) is 1.69. The maximum absolute atomic E-state index is 13.5. The second-order valence-corrected chi connectivity index (χ2v) is 6.09. The monoisotopic (exact) mass is 370 g/mol. The summed E-state index contributed by atoms with van der Waals surface area (Å²) >= 11 is 1.10. The lowest BCUT2D eigenvalue weighted by atomic mass is 10.2. The highest BCUT2D eigenvalue weighted by Crippen LogP contribution is 2.20. The lowest BCUT2D eigenvalue weighted by Gasteiger charge is -2.11. The zero-order valence-electron chi connectivity index (χ0n) is 12.9. The molecule has 2 amide bonds. The minimum absolute atomic E-state index is 0.401. The number of amides is 2. The largest absolute Gasteiger partial charge is 0.346 e. The molecule has 2 aromatic rings. The van der Waals surface area contributed by atoms with Crippen LogP contribution in [0.2, 0.25) is 0 Å². The average Bonchev–Trinajstić information content (AvgIpc) is 2.61. The standard InChI is InChI=1S/C15H13F3N4O2S/c1-8(25-15-19-5-2-6-20-15)14(24)21-7-11(23)22-10-4-3-9(16)12(17)13(10)18/h2-6,8H,7H2,1H3,(H,21,24)(H,22,23). The molecule has 0 fully saturated rings. The van der Waals surface area contributed by atoms with E-state index in [0.29, 0.717) is 11.2 Å². The summed E-state index contributed by atoms with van der Waals surface area (Å²) in [6.45, 7) is 1.14. The first kappa shape index (κ1) is 18.7. The Morgan fingerprint density at radius 2 is 1.84 bits per heavy atom. The Balaban J connectivity index is 1.85. The molecular weight excluding hydrogens is 357 g/mol. The van der Waals surface area contributed by atoms with Gasteiger partial charge >= 0.3 is 0 Å². The summed E-state index contributed by atoms with van der Waals surface area (Å²) in [5.74, 6) is -5.80. The summed E-state index contributed by atoms with van der Waals surface area (Å²) in [6, 6.07) is 3.21. The molecule has 0 saturated heterocycles. The molecule has 1 heterocycles. The van der Waals surface area contributed by atoms with Crippen molar-refractivity contribution in [1.82, 2.24) is 15.3 Å². The van der Waals surface area contributed by atoms with Crippen LogP contribution in [-0.4, -0.2) is 33.6 Å².